The number of hydrogen-bond donors (Lipinski definition) is 0. The normalized spacial score (nSPS) is 17.2. The van der Waals surface area contributed by atoms with Crippen molar-refractivity contribution in [3.05, 3.63) is 86.8 Å². The highest BCUT2D eigenvalue weighted by Crippen LogP contribution is 2.35. The highest BCUT2D eigenvalue weighted by Gasteiger charge is 2.38. The molecule has 1 aliphatic heterocycles. The number of rotatable bonds is 7. The SMILES string of the molecule is O=C(c1cccc(Cl)c1)N(CC(=O)N1CCc2sccc2[C@@H]1COc1ccccc1F)C1CC1. The molecular weight excluding hydrogens is 475 g/mol. The zero-order valence-corrected chi connectivity index (χ0v) is 20.0. The molecule has 2 amide bonds. The van der Waals surface area contributed by atoms with Gasteiger partial charge in [0.25, 0.3) is 5.91 Å². The number of hydrogen-bond acceptors (Lipinski definition) is 4. The average molecular weight is 499 g/mol. The zero-order chi connectivity index (χ0) is 23.7. The van der Waals surface area contributed by atoms with Gasteiger partial charge in [-0.25, -0.2) is 4.39 Å². The van der Waals surface area contributed by atoms with E-state index in [2.05, 4.69) is 0 Å². The second-order valence-corrected chi connectivity index (χ2v) is 10.0. The lowest BCUT2D eigenvalue weighted by Gasteiger charge is -2.37. The molecule has 1 fully saturated rings. The number of nitrogens with zero attached hydrogens (tertiary/aromatic N) is 2. The Balaban J connectivity index is 1.35. The first-order valence-electron chi connectivity index (χ1n) is 11.3. The summed E-state index contributed by atoms with van der Waals surface area (Å²) in [6.45, 7) is 0.662. The molecule has 5 nitrogen and oxygen atoms in total. The van der Waals surface area contributed by atoms with Gasteiger partial charge in [-0.15, -0.1) is 11.3 Å². The van der Waals surface area contributed by atoms with Crippen molar-refractivity contribution in [1.29, 1.82) is 0 Å². The molecule has 0 radical (unpaired) electrons. The van der Waals surface area contributed by atoms with E-state index in [0.717, 1.165) is 24.8 Å². The van der Waals surface area contributed by atoms with Crippen molar-refractivity contribution in [2.24, 2.45) is 0 Å². The van der Waals surface area contributed by atoms with Crippen molar-refractivity contribution in [3.63, 3.8) is 0 Å². The van der Waals surface area contributed by atoms with Crippen LogP contribution in [0.4, 0.5) is 4.39 Å². The van der Waals surface area contributed by atoms with Crippen molar-refractivity contribution in [2.75, 3.05) is 19.7 Å². The second-order valence-electron chi connectivity index (χ2n) is 8.57. The molecule has 5 rings (SSSR count). The van der Waals surface area contributed by atoms with Gasteiger partial charge in [-0.3, -0.25) is 9.59 Å². The molecule has 0 spiro atoms. The third-order valence-corrected chi connectivity index (χ3v) is 7.51. The summed E-state index contributed by atoms with van der Waals surface area (Å²) in [7, 11) is 0. The van der Waals surface area contributed by atoms with E-state index in [1.165, 1.54) is 10.9 Å². The van der Waals surface area contributed by atoms with Crippen molar-refractivity contribution >= 4 is 34.8 Å². The number of ether oxygens (including phenoxy) is 1. The predicted octanol–water partition coefficient (Wildman–Crippen LogP) is 5.35. The summed E-state index contributed by atoms with van der Waals surface area (Å²) in [5, 5.41) is 2.49. The monoisotopic (exact) mass is 498 g/mol. The molecule has 0 bridgehead atoms. The van der Waals surface area contributed by atoms with Crippen LogP contribution in [0.5, 0.6) is 5.75 Å². The fraction of sp³-hybridized carbons (Fsp3) is 0.308. The van der Waals surface area contributed by atoms with Crippen LogP contribution in [0.1, 0.15) is 39.7 Å². The minimum Gasteiger partial charge on any atom is -0.488 e. The zero-order valence-electron chi connectivity index (χ0n) is 18.5. The van der Waals surface area contributed by atoms with Crippen LogP contribution < -0.4 is 4.74 Å². The highest BCUT2D eigenvalue weighted by molar-refractivity contribution is 7.10. The van der Waals surface area contributed by atoms with Crippen LogP contribution in [0.25, 0.3) is 0 Å². The van der Waals surface area contributed by atoms with Crippen molar-refractivity contribution in [2.45, 2.75) is 31.3 Å². The Kier molecular flexibility index (Phi) is 6.57. The predicted molar refractivity (Wildman–Crippen MR) is 130 cm³/mol. The number of carbonyl (C=O) groups excluding carboxylic acids is 2. The van der Waals surface area contributed by atoms with E-state index in [9.17, 15) is 14.0 Å². The molecule has 1 aromatic heterocycles. The van der Waals surface area contributed by atoms with Gasteiger partial charge < -0.3 is 14.5 Å². The molecule has 1 aliphatic carbocycles. The summed E-state index contributed by atoms with van der Waals surface area (Å²) in [5.41, 5.74) is 1.51. The molecule has 0 unspecified atom stereocenters. The van der Waals surface area contributed by atoms with E-state index in [0.29, 0.717) is 17.1 Å². The van der Waals surface area contributed by atoms with E-state index in [4.69, 9.17) is 16.3 Å². The first-order valence-corrected chi connectivity index (χ1v) is 12.6. The standard InChI is InChI=1S/C26H24ClFN2O3S/c27-18-5-3-4-17(14-18)26(32)30(19-8-9-19)15-25(31)29-12-10-24-20(11-13-34-24)22(29)16-33-23-7-2-1-6-21(23)28/h1-7,11,13-14,19,22H,8-10,12,15-16H2/t22-/m0/s1. The molecule has 176 valence electrons. The fourth-order valence-electron chi connectivity index (χ4n) is 4.38. The Labute approximate surface area is 206 Å². The largest absolute Gasteiger partial charge is 0.488 e. The lowest BCUT2D eigenvalue weighted by atomic mass is 10.0. The Bertz CT molecular complexity index is 1210. The first kappa shape index (κ1) is 22.9. The molecule has 34 heavy (non-hydrogen) atoms. The third-order valence-electron chi connectivity index (χ3n) is 6.27. The van der Waals surface area contributed by atoms with E-state index < -0.39 is 5.82 Å². The molecule has 0 N–H and O–H groups in total. The number of fused-ring (bicyclic) bond motifs is 1. The van der Waals surface area contributed by atoms with Crippen LogP contribution in [-0.4, -0.2) is 47.4 Å². The second kappa shape index (κ2) is 9.76. The molecule has 8 heteroatoms. The Morgan fingerprint density at radius 3 is 2.74 bits per heavy atom. The van der Waals surface area contributed by atoms with Gasteiger partial charge in [-0.05, 0) is 66.6 Å². The van der Waals surface area contributed by atoms with Crippen LogP contribution in [0.2, 0.25) is 5.02 Å². The van der Waals surface area contributed by atoms with Gasteiger partial charge in [0.1, 0.15) is 13.2 Å². The molecule has 3 aromatic rings. The molecule has 0 saturated heterocycles. The number of para-hydroxylation sites is 1. The first-order chi connectivity index (χ1) is 16.5. The topological polar surface area (TPSA) is 49.9 Å². The maximum atomic E-state index is 14.1. The van der Waals surface area contributed by atoms with Gasteiger partial charge in [0.05, 0.1) is 6.04 Å². The third kappa shape index (κ3) is 4.81. The number of amides is 2. The summed E-state index contributed by atoms with van der Waals surface area (Å²) >= 11 is 7.74. The Morgan fingerprint density at radius 1 is 1.15 bits per heavy atom. The van der Waals surface area contributed by atoms with Gasteiger partial charge in [0, 0.05) is 28.0 Å². The minimum atomic E-state index is -0.436. The summed E-state index contributed by atoms with van der Waals surface area (Å²) in [6, 6.07) is 14.8. The fourth-order valence-corrected chi connectivity index (χ4v) is 5.50. The number of halogens is 2. The average Bonchev–Trinajstić information content (AvgIpc) is 3.57. The Morgan fingerprint density at radius 2 is 1.97 bits per heavy atom. The summed E-state index contributed by atoms with van der Waals surface area (Å²) < 4.78 is 19.9. The van der Waals surface area contributed by atoms with Gasteiger partial charge in [-0.2, -0.15) is 0 Å². The van der Waals surface area contributed by atoms with Crippen LogP contribution in [-0.2, 0) is 11.2 Å². The van der Waals surface area contributed by atoms with E-state index in [1.807, 2.05) is 11.4 Å². The smallest absolute Gasteiger partial charge is 0.254 e. The van der Waals surface area contributed by atoms with Crippen LogP contribution >= 0.6 is 22.9 Å². The number of carbonyl (C=O) groups is 2. The van der Waals surface area contributed by atoms with Gasteiger partial charge >= 0.3 is 0 Å². The van der Waals surface area contributed by atoms with Crippen LogP contribution in [0.3, 0.4) is 0 Å². The van der Waals surface area contributed by atoms with E-state index in [1.54, 1.807) is 63.6 Å². The van der Waals surface area contributed by atoms with E-state index >= 15 is 0 Å². The lowest BCUT2D eigenvalue weighted by Crippen LogP contribution is -2.48. The lowest BCUT2D eigenvalue weighted by molar-refractivity contribution is -0.135. The molecule has 2 aliphatic rings. The minimum absolute atomic E-state index is 0.00825. The number of benzene rings is 2. The van der Waals surface area contributed by atoms with E-state index in [-0.39, 0.29) is 42.8 Å². The summed E-state index contributed by atoms with van der Waals surface area (Å²) in [6.07, 6.45) is 2.52. The highest BCUT2D eigenvalue weighted by atomic mass is 35.5. The quantitative estimate of drug-likeness (QED) is 0.441. The van der Waals surface area contributed by atoms with Gasteiger partial charge in [0.15, 0.2) is 11.6 Å². The molecular formula is C26H24ClFN2O3S. The van der Waals surface area contributed by atoms with Gasteiger partial charge in [-0.1, -0.05) is 29.8 Å². The molecule has 2 heterocycles. The van der Waals surface area contributed by atoms with Crippen LogP contribution in [0, 0.1) is 5.82 Å². The molecule has 2 aromatic carbocycles. The van der Waals surface area contributed by atoms with Crippen molar-refractivity contribution in [1.82, 2.24) is 9.80 Å². The summed E-state index contributed by atoms with van der Waals surface area (Å²) in [5.74, 6) is -0.603. The summed E-state index contributed by atoms with van der Waals surface area (Å²) in [4.78, 5) is 31.4. The van der Waals surface area contributed by atoms with Gasteiger partial charge in [0.2, 0.25) is 5.91 Å². The van der Waals surface area contributed by atoms with Crippen molar-refractivity contribution in [3.8, 4) is 5.75 Å². The molecule has 1 saturated carbocycles. The Hall–Kier alpha value is -2.90. The molecule has 1 atom stereocenters. The maximum absolute atomic E-state index is 14.1. The van der Waals surface area contributed by atoms with Crippen LogP contribution in [0.15, 0.2) is 60.0 Å². The number of thiophene rings is 1. The van der Waals surface area contributed by atoms with Crippen molar-refractivity contribution < 1.29 is 18.7 Å². The maximum Gasteiger partial charge on any atom is 0.254 e.